The van der Waals surface area contributed by atoms with Crippen LogP contribution >= 0.6 is 0 Å². The molecule has 0 amide bonds. The van der Waals surface area contributed by atoms with Crippen LogP contribution in [0.15, 0.2) is 24.3 Å². The van der Waals surface area contributed by atoms with Gasteiger partial charge in [0.25, 0.3) is 0 Å². The Morgan fingerprint density at radius 1 is 1.21 bits per heavy atom. The molecule has 0 N–H and O–H groups in total. The first-order valence-electron chi connectivity index (χ1n) is 5.08. The minimum absolute atomic E-state index is 0.137. The van der Waals surface area contributed by atoms with Crippen LogP contribution in [-0.2, 0) is 4.74 Å². The van der Waals surface area contributed by atoms with E-state index >= 15 is 0 Å². The molecule has 1 unspecified atom stereocenters. The van der Waals surface area contributed by atoms with Crippen molar-refractivity contribution in [1.29, 1.82) is 0 Å². The number of ether oxygens (including phenoxy) is 2. The Hall–Kier alpha value is -1.02. The van der Waals surface area contributed by atoms with Crippen LogP contribution in [0.25, 0.3) is 0 Å². The molecule has 1 atom stereocenters. The van der Waals surface area contributed by atoms with E-state index in [1.54, 1.807) is 7.11 Å². The van der Waals surface area contributed by atoms with E-state index in [1.807, 2.05) is 25.1 Å². The molecule has 0 fully saturated rings. The second-order valence-electron chi connectivity index (χ2n) is 3.10. The van der Waals surface area contributed by atoms with Gasteiger partial charge in [-0.2, -0.15) is 0 Å². The van der Waals surface area contributed by atoms with Crippen molar-refractivity contribution < 1.29 is 9.47 Å². The summed E-state index contributed by atoms with van der Waals surface area (Å²) in [6.07, 6.45) is 1.10. The first-order chi connectivity index (χ1) is 6.83. The van der Waals surface area contributed by atoms with Gasteiger partial charge in [-0.1, -0.05) is 25.1 Å². The minimum atomic E-state index is 0.137. The Morgan fingerprint density at radius 3 is 2.50 bits per heavy atom. The molecule has 0 aliphatic rings. The number of hydrogen-bond donors (Lipinski definition) is 0. The average molecular weight is 194 g/mol. The molecule has 14 heavy (non-hydrogen) atoms. The Labute approximate surface area is 85.8 Å². The lowest BCUT2D eigenvalue weighted by molar-refractivity contribution is 0.0970. The fourth-order valence-electron chi connectivity index (χ4n) is 1.55. The predicted molar refractivity (Wildman–Crippen MR) is 57.7 cm³/mol. The number of benzene rings is 1. The van der Waals surface area contributed by atoms with E-state index in [4.69, 9.17) is 9.47 Å². The monoisotopic (exact) mass is 194 g/mol. The van der Waals surface area contributed by atoms with Crippen LogP contribution in [0.1, 0.15) is 31.9 Å². The third kappa shape index (κ3) is 2.48. The maximum absolute atomic E-state index is 5.54. The zero-order valence-corrected chi connectivity index (χ0v) is 9.12. The highest BCUT2D eigenvalue weighted by Gasteiger charge is 2.12. The molecule has 0 saturated heterocycles. The van der Waals surface area contributed by atoms with E-state index in [1.165, 1.54) is 0 Å². The molecule has 1 aromatic carbocycles. The van der Waals surface area contributed by atoms with Crippen molar-refractivity contribution in [2.24, 2.45) is 0 Å². The van der Waals surface area contributed by atoms with E-state index in [9.17, 15) is 0 Å². The van der Waals surface area contributed by atoms with E-state index in [-0.39, 0.29) is 6.10 Å². The summed E-state index contributed by atoms with van der Waals surface area (Å²) in [7, 11) is 1.73. The quantitative estimate of drug-likeness (QED) is 0.716. The Morgan fingerprint density at radius 2 is 1.93 bits per heavy atom. The van der Waals surface area contributed by atoms with Crippen molar-refractivity contribution in [1.82, 2.24) is 0 Å². The summed E-state index contributed by atoms with van der Waals surface area (Å²) >= 11 is 0. The van der Waals surface area contributed by atoms with Crippen molar-refractivity contribution in [2.45, 2.75) is 26.4 Å². The molecule has 0 aliphatic carbocycles. The molecule has 1 rings (SSSR count). The molecular formula is C12H18O2. The Kier molecular flexibility index (Phi) is 4.47. The van der Waals surface area contributed by atoms with E-state index in [0.717, 1.165) is 17.7 Å². The second-order valence-corrected chi connectivity index (χ2v) is 3.10. The van der Waals surface area contributed by atoms with Gasteiger partial charge in [0, 0.05) is 12.7 Å². The van der Waals surface area contributed by atoms with Crippen molar-refractivity contribution >= 4 is 0 Å². The summed E-state index contributed by atoms with van der Waals surface area (Å²) in [5.41, 5.74) is 1.14. The molecule has 0 spiro atoms. The molecule has 2 nitrogen and oxygen atoms in total. The normalized spacial score (nSPS) is 12.5. The van der Waals surface area contributed by atoms with Crippen LogP contribution in [0.4, 0.5) is 0 Å². The standard InChI is InChI=1S/C12H18O2/c1-4-11(13-3)10-8-6-7-9-12(10)14-5-2/h6-9,11H,4-5H2,1-3H3. The van der Waals surface area contributed by atoms with Gasteiger partial charge < -0.3 is 9.47 Å². The third-order valence-corrected chi connectivity index (χ3v) is 2.22. The lowest BCUT2D eigenvalue weighted by atomic mass is 10.1. The van der Waals surface area contributed by atoms with Gasteiger partial charge in [0.15, 0.2) is 0 Å². The topological polar surface area (TPSA) is 18.5 Å². The molecule has 1 aromatic rings. The maximum atomic E-state index is 5.54. The summed E-state index contributed by atoms with van der Waals surface area (Å²) < 4.78 is 10.9. The molecule has 2 heteroatoms. The van der Waals surface area contributed by atoms with Crippen LogP contribution in [0.5, 0.6) is 5.75 Å². The molecule has 0 aliphatic heterocycles. The highest BCUT2D eigenvalue weighted by Crippen LogP contribution is 2.29. The zero-order chi connectivity index (χ0) is 10.4. The number of para-hydroxylation sites is 1. The van der Waals surface area contributed by atoms with Gasteiger partial charge in [-0.15, -0.1) is 0 Å². The van der Waals surface area contributed by atoms with Crippen molar-refractivity contribution in [3.05, 3.63) is 29.8 Å². The number of rotatable bonds is 5. The summed E-state index contributed by atoms with van der Waals surface area (Å²) in [4.78, 5) is 0. The van der Waals surface area contributed by atoms with Crippen molar-refractivity contribution in [3.63, 3.8) is 0 Å². The maximum Gasteiger partial charge on any atom is 0.125 e. The van der Waals surface area contributed by atoms with Crippen LogP contribution in [0.2, 0.25) is 0 Å². The Balaban J connectivity index is 2.92. The average Bonchev–Trinajstić information content (AvgIpc) is 2.23. The van der Waals surface area contributed by atoms with Gasteiger partial charge in [-0.25, -0.2) is 0 Å². The highest BCUT2D eigenvalue weighted by atomic mass is 16.5. The van der Waals surface area contributed by atoms with E-state index in [2.05, 4.69) is 13.0 Å². The van der Waals surface area contributed by atoms with Gasteiger partial charge in [0.1, 0.15) is 5.75 Å². The lowest BCUT2D eigenvalue weighted by Crippen LogP contribution is -2.03. The largest absolute Gasteiger partial charge is 0.493 e. The molecule has 0 bridgehead atoms. The van der Waals surface area contributed by atoms with E-state index in [0.29, 0.717) is 6.61 Å². The van der Waals surface area contributed by atoms with Gasteiger partial charge in [0.05, 0.1) is 12.7 Å². The summed E-state index contributed by atoms with van der Waals surface area (Å²) in [6.45, 7) is 4.79. The van der Waals surface area contributed by atoms with Crippen LogP contribution in [-0.4, -0.2) is 13.7 Å². The fraction of sp³-hybridized carbons (Fsp3) is 0.500. The second kappa shape index (κ2) is 5.66. The highest BCUT2D eigenvalue weighted by molar-refractivity contribution is 5.35. The SMILES string of the molecule is CCOc1ccccc1C(CC)OC. The first kappa shape index (κ1) is 11.1. The molecule has 78 valence electrons. The van der Waals surface area contributed by atoms with Crippen LogP contribution in [0, 0.1) is 0 Å². The molecule has 0 heterocycles. The third-order valence-electron chi connectivity index (χ3n) is 2.22. The zero-order valence-electron chi connectivity index (χ0n) is 9.12. The van der Waals surface area contributed by atoms with Gasteiger partial charge in [-0.3, -0.25) is 0 Å². The molecular weight excluding hydrogens is 176 g/mol. The van der Waals surface area contributed by atoms with Gasteiger partial charge >= 0.3 is 0 Å². The van der Waals surface area contributed by atoms with Crippen LogP contribution < -0.4 is 4.74 Å². The lowest BCUT2D eigenvalue weighted by Gasteiger charge is -2.17. The number of hydrogen-bond acceptors (Lipinski definition) is 2. The van der Waals surface area contributed by atoms with E-state index < -0.39 is 0 Å². The molecule has 0 aromatic heterocycles. The smallest absolute Gasteiger partial charge is 0.125 e. The fourth-order valence-corrected chi connectivity index (χ4v) is 1.55. The van der Waals surface area contributed by atoms with Crippen molar-refractivity contribution in [3.8, 4) is 5.75 Å². The number of methoxy groups -OCH3 is 1. The molecule has 0 radical (unpaired) electrons. The van der Waals surface area contributed by atoms with Crippen LogP contribution in [0.3, 0.4) is 0 Å². The van der Waals surface area contributed by atoms with Crippen molar-refractivity contribution in [2.75, 3.05) is 13.7 Å². The van der Waals surface area contributed by atoms with Gasteiger partial charge in [-0.05, 0) is 19.4 Å². The summed E-state index contributed by atoms with van der Waals surface area (Å²) in [5.74, 6) is 0.934. The minimum Gasteiger partial charge on any atom is -0.493 e. The summed E-state index contributed by atoms with van der Waals surface area (Å²) in [5, 5.41) is 0. The Bertz CT molecular complexity index is 267. The van der Waals surface area contributed by atoms with Gasteiger partial charge in [0.2, 0.25) is 0 Å². The first-order valence-corrected chi connectivity index (χ1v) is 5.08. The molecule has 0 saturated carbocycles. The summed E-state index contributed by atoms with van der Waals surface area (Å²) in [6, 6.07) is 8.04. The predicted octanol–water partition coefficient (Wildman–Crippen LogP) is 3.18.